The number of nitrogens with one attached hydrogen (secondary N) is 3. The summed E-state index contributed by atoms with van der Waals surface area (Å²) in [5.74, 6) is 0.546. The largest absolute Gasteiger partial charge is 0.332 e. The van der Waals surface area contributed by atoms with E-state index in [2.05, 4.69) is 24.9 Å². The number of sulfonamides is 1. The molecule has 2 aromatic heterocycles. The van der Waals surface area contributed by atoms with E-state index in [4.69, 9.17) is 0 Å². The summed E-state index contributed by atoms with van der Waals surface area (Å²) in [6, 6.07) is 8.84. The van der Waals surface area contributed by atoms with E-state index in [1.54, 1.807) is 25.3 Å². The van der Waals surface area contributed by atoms with Crippen molar-refractivity contribution in [2.45, 2.75) is 11.9 Å². The molecule has 1 aromatic carbocycles. The summed E-state index contributed by atoms with van der Waals surface area (Å²) in [5.41, 5.74) is 2.27. The van der Waals surface area contributed by atoms with Gasteiger partial charge in [0.25, 0.3) is 10.0 Å². The summed E-state index contributed by atoms with van der Waals surface area (Å²) in [4.78, 5) is 6.58. The zero-order valence-electron chi connectivity index (χ0n) is 11.2. The number of anilines is 1. The number of hydrogen-bond donors (Lipinski definition) is 3. The molecule has 0 unspecified atom stereocenters. The minimum Gasteiger partial charge on any atom is -0.332 e. The number of hydrogen-bond acceptors (Lipinski definition) is 4. The van der Waals surface area contributed by atoms with E-state index in [9.17, 15) is 8.42 Å². The van der Waals surface area contributed by atoms with Gasteiger partial charge in [-0.15, -0.1) is 0 Å². The molecule has 8 heteroatoms. The lowest BCUT2D eigenvalue weighted by molar-refractivity contribution is 0.598. The Morgan fingerprint density at radius 3 is 2.48 bits per heavy atom. The molecule has 0 bridgehead atoms. The fourth-order valence-electron chi connectivity index (χ4n) is 1.88. The molecule has 0 aliphatic rings. The molecule has 0 amide bonds. The van der Waals surface area contributed by atoms with E-state index < -0.39 is 10.0 Å². The molecule has 3 N–H and O–H groups in total. The normalized spacial score (nSPS) is 11.5. The Bertz CT molecular complexity index is 835. The molecule has 3 rings (SSSR count). The molecule has 0 saturated heterocycles. The second kappa shape index (κ2) is 5.06. The number of aromatic nitrogens is 4. The van der Waals surface area contributed by atoms with Crippen LogP contribution in [0.4, 0.5) is 5.69 Å². The van der Waals surface area contributed by atoms with E-state index >= 15 is 0 Å². The van der Waals surface area contributed by atoms with Crippen LogP contribution in [-0.4, -0.2) is 28.6 Å². The maximum Gasteiger partial charge on any atom is 0.278 e. The van der Waals surface area contributed by atoms with Crippen LogP contribution in [0, 0.1) is 6.92 Å². The van der Waals surface area contributed by atoms with Gasteiger partial charge in [-0.3, -0.25) is 9.82 Å². The highest BCUT2D eigenvalue weighted by molar-refractivity contribution is 7.92. The van der Waals surface area contributed by atoms with Gasteiger partial charge >= 0.3 is 0 Å². The second-order valence-electron chi connectivity index (χ2n) is 4.49. The van der Waals surface area contributed by atoms with Crippen LogP contribution in [-0.2, 0) is 10.0 Å². The molecule has 21 heavy (non-hydrogen) atoms. The van der Waals surface area contributed by atoms with Gasteiger partial charge in [0.1, 0.15) is 5.82 Å². The van der Waals surface area contributed by atoms with Crippen molar-refractivity contribution in [1.82, 2.24) is 20.2 Å². The summed E-state index contributed by atoms with van der Waals surface area (Å²) in [7, 11) is -3.65. The molecule has 0 atom stereocenters. The van der Waals surface area contributed by atoms with Crippen molar-refractivity contribution in [3.63, 3.8) is 0 Å². The summed E-state index contributed by atoms with van der Waals surface area (Å²) in [6.45, 7) is 1.69. The van der Waals surface area contributed by atoms with Gasteiger partial charge in [-0.05, 0) is 30.7 Å². The molecule has 0 aliphatic heterocycles. The molecular formula is C13H13N5O2S. The van der Waals surface area contributed by atoms with Gasteiger partial charge in [0, 0.05) is 11.9 Å². The average molecular weight is 303 g/mol. The van der Waals surface area contributed by atoms with Gasteiger partial charge in [0.15, 0.2) is 5.03 Å². The molecule has 3 aromatic rings. The number of aromatic amines is 2. The Morgan fingerprint density at radius 1 is 1.14 bits per heavy atom. The first-order valence-corrected chi connectivity index (χ1v) is 7.67. The Kier molecular flexibility index (Phi) is 3.22. The van der Waals surface area contributed by atoms with Gasteiger partial charge in [0.05, 0.1) is 11.9 Å². The van der Waals surface area contributed by atoms with Crippen molar-refractivity contribution in [1.29, 1.82) is 0 Å². The van der Waals surface area contributed by atoms with Gasteiger partial charge in [-0.25, -0.2) is 4.98 Å². The molecule has 0 radical (unpaired) electrons. The summed E-state index contributed by atoms with van der Waals surface area (Å²) >= 11 is 0. The maximum atomic E-state index is 12.1. The van der Waals surface area contributed by atoms with E-state index in [0.717, 1.165) is 11.3 Å². The number of H-pyrrole nitrogens is 2. The second-order valence-corrected chi connectivity index (χ2v) is 6.14. The first-order chi connectivity index (χ1) is 10.0. The van der Waals surface area contributed by atoms with E-state index in [1.807, 2.05) is 18.2 Å². The van der Waals surface area contributed by atoms with Crippen LogP contribution in [0.2, 0.25) is 0 Å². The molecule has 108 valence electrons. The lowest BCUT2D eigenvalue weighted by Crippen LogP contribution is -2.13. The van der Waals surface area contributed by atoms with Crippen molar-refractivity contribution in [3.05, 3.63) is 48.5 Å². The monoisotopic (exact) mass is 303 g/mol. The van der Waals surface area contributed by atoms with Gasteiger partial charge in [-0.1, -0.05) is 12.1 Å². The zero-order chi connectivity index (χ0) is 14.9. The highest BCUT2D eigenvalue weighted by atomic mass is 32.2. The van der Waals surface area contributed by atoms with E-state index in [1.165, 1.54) is 6.20 Å². The van der Waals surface area contributed by atoms with Crippen LogP contribution >= 0.6 is 0 Å². The smallest absolute Gasteiger partial charge is 0.278 e. The van der Waals surface area contributed by atoms with E-state index in [0.29, 0.717) is 11.5 Å². The molecular weight excluding hydrogens is 290 g/mol. The Morgan fingerprint density at radius 2 is 1.90 bits per heavy atom. The summed E-state index contributed by atoms with van der Waals surface area (Å²) < 4.78 is 26.8. The van der Waals surface area contributed by atoms with Gasteiger partial charge < -0.3 is 4.98 Å². The Labute approximate surface area is 121 Å². The van der Waals surface area contributed by atoms with E-state index in [-0.39, 0.29) is 5.03 Å². The van der Waals surface area contributed by atoms with Crippen molar-refractivity contribution >= 4 is 15.7 Å². The fourth-order valence-corrected chi connectivity index (χ4v) is 2.91. The Balaban J connectivity index is 1.82. The maximum absolute atomic E-state index is 12.1. The third kappa shape index (κ3) is 2.79. The van der Waals surface area contributed by atoms with Crippen LogP contribution < -0.4 is 4.72 Å². The summed E-state index contributed by atoms with van der Waals surface area (Å²) in [5, 5.41) is 6.76. The summed E-state index contributed by atoms with van der Waals surface area (Å²) in [6.07, 6.45) is 2.95. The molecule has 0 fully saturated rings. The lowest BCUT2D eigenvalue weighted by Gasteiger charge is -2.06. The highest BCUT2D eigenvalue weighted by Crippen LogP contribution is 2.20. The fraction of sp³-hybridized carbons (Fsp3) is 0.0769. The predicted octanol–water partition coefficient (Wildman–Crippen LogP) is 1.91. The predicted molar refractivity (Wildman–Crippen MR) is 78.2 cm³/mol. The number of aryl methyl sites for hydroxylation is 1. The number of nitrogens with zero attached hydrogens (tertiary/aromatic N) is 2. The van der Waals surface area contributed by atoms with Crippen molar-refractivity contribution in [2.24, 2.45) is 0 Å². The first-order valence-electron chi connectivity index (χ1n) is 6.19. The van der Waals surface area contributed by atoms with Crippen LogP contribution in [0.25, 0.3) is 11.3 Å². The standard InChI is InChI=1S/C13H13N5O2S/c1-9-14-8-13(16-9)21(19,20)18-11-4-2-10(3-5-11)12-6-7-15-17-12/h2-8,18H,1H3,(H,14,16)(H,15,17). The molecule has 2 heterocycles. The quantitative estimate of drug-likeness (QED) is 0.685. The Hall–Kier alpha value is -2.61. The molecule has 0 spiro atoms. The lowest BCUT2D eigenvalue weighted by atomic mass is 10.1. The molecule has 0 saturated carbocycles. The van der Waals surface area contributed by atoms with Crippen LogP contribution in [0.3, 0.4) is 0 Å². The third-order valence-electron chi connectivity index (χ3n) is 2.92. The van der Waals surface area contributed by atoms with Crippen LogP contribution in [0.5, 0.6) is 0 Å². The topological polar surface area (TPSA) is 104 Å². The minimum absolute atomic E-state index is 0.0395. The van der Waals surface area contributed by atoms with Gasteiger partial charge in [0.2, 0.25) is 0 Å². The number of rotatable bonds is 4. The van der Waals surface area contributed by atoms with Gasteiger partial charge in [-0.2, -0.15) is 13.5 Å². The van der Waals surface area contributed by atoms with Crippen molar-refractivity contribution in [2.75, 3.05) is 4.72 Å². The molecule has 0 aliphatic carbocycles. The number of benzene rings is 1. The molecule has 7 nitrogen and oxygen atoms in total. The minimum atomic E-state index is -3.65. The van der Waals surface area contributed by atoms with Crippen LogP contribution in [0.15, 0.2) is 47.8 Å². The zero-order valence-corrected chi connectivity index (χ0v) is 12.0. The van der Waals surface area contributed by atoms with Crippen molar-refractivity contribution < 1.29 is 8.42 Å². The first kappa shape index (κ1) is 13.4. The van der Waals surface area contributed by atoms with Crippen molar-refractivity contribution in [3.8, 4) is 11.3 Å². The highest BCUT2D eigenvalue weighted by Gasteiger charge is 2.16. The average Bonchev–Trinajstić information content (AvgIpc) is 3.10. The number of imidazole rings is 1. The SMILES string of the molecule is Cc1ncc(S(=O)(=O)Nc2ccc(-c3ccn[nH]3)cc2)[nH]1. The third-order valence-corrected chi connectivity index (χ3v) is 4.21. The van der Waals surface area contributed by atoms with Crippen LogP contribution in [0.1, 0.15) is 5.82 Å².